The summed E-state index contributed by atoms with van der Waals surface area (Å²) in [5.74, 6) is -1.99. The van der Waals surface area contributed by atoms with Crippen molar-refractivity contribution in [1.29, 1.82) is 0 Å². The van der Waals surface area contributed by atoms with Gasteiger partial charge in [0.05, 0.1) is 11.7 Å². The minimum absolute atomic E-state index is 0.00384. The highest BCUT2D eigenvalue weighted by Crippen LogP contribution is 2.28. The summed E-state index contributed by atoms with van der Waals surface area (Å²) in [5, 5.41) is 8.77. The van der Waals surface area contributed by atoms with Gasteiger partial charge in [0.1, 0.15) is 11.5 Å². The van der Waals surface area contributed by atoms with Crippen LogP contribution in [0, 0.1) is 0 Å². The second kappa shape index (κ2) is 5.16. The molecule has 4 nitrogen and oxygen atoms in total. The van der Waals surface area contributed by atoms with Gasteiger partial charge in [0, 0.05) is 6.07 Å². The lowest BCUT2D eigenvalue weighted by Crippen LogP contribution is -2.17. The molecule has 0 saturated heterocycles. The van der Waals surface area contributed by atoms with Crippen LogP contribution in [-0.2, 0) is 0 Å². The molecule has 100 valence electrons. The summed E-state index contributed by atoms with van der Waals surface area (Å²) >= 11 is 0. The number of carbonyl (C=O) groups is 1. The maximum atomic E-state index is 12.1. The first kappa shape index (κ1) is 14.1. The summed E-state index contributed by atoms with van der Waals surface area (Å²) in [5.41, 5.74) is -0.340. The molecule has 0 spiro atoms. The highest BCUT2D eigenvalue weighted by atomic mass is 19.4. The molecule has 0 aliphatic heterocycles. The summed E-state index contributed by atoms with van der Waals surface area (Å²) < 4.78 is 45.0. The van der Waals surface area contributed by atoms with E-state index in [2.05, 4.69) is 4.74 Å². The molecular weight excluding hydrogens is 253 g/mol. The van der Waals surface area contributed by atoms with Crippen molar-refractivity contribution >= 4 is 5.97 Å². The number of benzene rings is 1. The summed E-state index contributed by atoms with van der Waals surface area (Å²) in [7, 11) is 0. The van der Waals surface area contributed by atoms with E-state index in [1.165, 1.54) is 0 Å². The zero-order valence-corrected chi connectivity index (χ0v) is 9.62. The second-order valence-corrected chi connectivity index (χ2v) is 3.71. The monoisotopic (exact) mass is 264 g/mol. The van der Waals surface area contributed by atoms with Gasteiger partial charge in [-0.3, -0.25) is 0 Å². The molecule has 0 bridgehead atoms. The zero-order chi connectivity index (χ0) is 13.9. The third kappa shape index (κ3) is 4.52. The van der Waals surface area contributed by atoms with E-state index in [9.17, 15) is 18.0 Å². The summed E-state index contributed by atoms with van der Waals surface area (Å²) in [6.45, 7) is 3.33. The van der Waals surface area contributed by atoms with Crippen LogP contribution in [0.2, 0.25) is 0 Å². The minimum Gasteiger partial charge on any atom is -0.491 e. The standard InChI is InChI=1S/C11H11F3O4/c1-6(2)17-8-3-7(10(15)16)4-9(5-8)18-11(12,13)14/h3-6H,1-2H3,(H,15,16). The molecule has 0 radical (unpaired) electrons. The third-order valence-electron chi connectivity index (χ3n) is 1.73. The fourth-order valence-electron chi connectivity index (χ4n) is 1.23. The quantitative estimate of drug-likeness (QED) is 0.908. The van der Waals surface area contributed by atoms with Crippen molar-refractivity contribution in [2.75, 3.05) is 0 Å². The Morgan fingerprint density at radius 1 is 1.22 bits per heavy atom. The van der Waals surface area contributed by atoms with E-state index in [0.717, 1.165) is 18.2 Å². The molecule has 1 N–H and O–H groups in total. The third-order valence-corrected chi connectivity index (χ3v) is 1.73. The SMILES string of the molecule is CC(C)Oc1cc(OC(F)(F)F)cc(C(=O)O)c1. The number of carboxylic acids is 1. The Labute approximate surface area is 101 Å². The largest absolute Gasteiger partial charge is 0.573 e. The Hall–Kier alpha value is -1.92. The predicted molar refractivity (Wildman–Crippen MR) is 55.8 cm³/mol. The molecule has 0 amide bonds. The molecule has 1 aromatic rings. The molecule has 1 aromatic carbocycles. The van der Waals surface area contributed by atoms with Crippen LogP contribution < -0.4 is 9.47 Å². The van der Waals surface area contributed by atoms with Crippen molar-refractivity contribution in [3.05, 3.63) is 23.8 Å². The number of hydrogen-bond donors (Lipinski definition) is 1. The Morgan fingerprint density at radius 3 is 2.22 bits per heavy atom. The second-order valence-electron chi connectivity index (χ2n) is 3.71. The Bertz CT molecular complexity index is 440. The van der Waals surface area contributed by atoms with Crippen molar-refractivity contribution in [2.45, 2.75) is 26.3 Å². The van der Waals surface area contributed by atoms with Crippen molar-refractivity contribution in [2.24, 2.45) is 0 Å². The smallest absolute Gasteiger partial charge is 0.491 e. The van der Waals surface area contributed by atoms with Crippen LogP contribution in [0.15, 0.2) is 18.2 Å². The molecule has 0 aromatic heterocycles. The average Bonchev–Trinajstić information content (AvgIpc) is 2.12. The molecule has 18 heavy (non-hydrogen) atoms. The van der Waals surface area contributed by atoms with Crippen LogP contribution in [0.3, 0.4) is 0 Å². The number of carboxylic acid groups (broad SMARTS) is 1. The van der Waals surface area contributed by atoms with Gasteiger partial charge in [0.2, 0.25) is 0 Å². The number of ether oxygens (including phenoxy) is 2. The topological polar surface area (TPSA) is 55.8 Å². The van der Waals surface area contributed by atoms with Crippen LogP contribution in [0.4, 0.5) is 13.2 Å². The van der Waals surface area contributed by atoms with Gasteiger partial charge in [-0.15, -0.1) is 13.2 Å². The number of alkyl halides is 3. The first-order valence-corrected chi connectivity index (χ1v) is 4.98. The zero-order valence-electron chi connectivity index (χ0n) is 9.62. The lowest BCUT2D eigenvalue weighted by Gasteiger charge is -2.14. The maximum Gasteiger partial charge on any atom is 0.573 e. The van der Waals surface area contributed by atoms with Gasteiger partial charge in [-0.2, -0.15) is 0 Å². The van der Waals surface area contributed by atoms with Crippen molar-refractivity contribution < 1.29 is 32.5 Å². The number of halogens is 3. The molecule has 0 heterocycles. The summed E-state index contributed by atoms with van der Waals surface area (Å²) in [6.07, 6.45) is -5.18. The summed E-state index contributed by atoms with van der Waals surface area (Å²) in [4.78, 5) is 10.8. The van der Waals surface area contributed by atoms with E-state index in [0.29, 0.717) is 0 Å². The molecule has 0 unspecified atom stereocenters. The van der Waals surface area contributed by atoms with E-state index in [1.54, 1.807) is 13.8 Å². The maximum absolute atomic E-state index is 12.1. The molecule has 1 rings (SSSR count). The van der Waals surface area contributed by atoms with Crippen LogP contribution in [0.1, 0.15) is 24.2 Å². The van der Waals surface area contributed by atoms with Gasteiger partial charge in [-0.1, -0.05) is 0 Å². The van der Waals surface area contributed by atoms with E-state index in [-0.39, 0.29) is 17.4 Å². The lowest BCUT2D eigenvalue weighted by atomic mass is 10.2. The average molecular weight is 264 g/mol. The van der Waals surface area contributed by atoms with Crippen molar-refractivity contribution in [3.63, 3.8) is 0 Å². The van der Waals surface area contributed by atoms with Gasteiger partial charge >= 0.3 is 12.3 Å². The molecular formula is C11H11F3O4. The van der Waals surface area contributed by atoms with Gasteiger partial charge in [0.15, 0.2) is 0 Å². The highest BCUT2D eigenvalue weighted by Gasteiger charge is 2.31. The van der Waals surface area contributed by atoms with E-state index in [1.807, 2.05) is 0 Å². The molecule has 7 heteroatoms. The van der Waals surface area contributed by atoms with Crippen molar-refractivity contribution in [3.8, 4) is 11.5 Å². The van der Waals surface area contributed by atoms with Gasteiger partial charge in [0.25, 0.3) is 0 Å². The van der Waals surface area contributed by atoms with Crippen LogP contribution in [-0.4, -0.2) is 23.5 Å². The van der Waals surface area contributed by atoms with Crippen molar-refractivity contribution in [1.82, 2.24) is 0 Å². The van der Waals surface area contributed by atoms with Gasteiger partial charge < -0.3 is 14.6 Å². The normalized spacial score (nSPS) is 11.4. The molecule has 0 atom stereocenters. The summed E-state index contributed by atoms with van der Waals surface area (Å²) in [6, 6.07) is 2.90. The lowest BCUT2D eigenvalue weighted by molar-refractivity contribution is -0.274. The Balaban J connectivity index is 3.10. The minimum atomic E-state index is -4.88. The van der Waals surface area contributed by atoms with Gasteiger partial charge in [-0.25, -0.2) is 4.79 Å². The Kier molecular flexibility index (Phi) is 4.05. The number of aromatic carboxylic acids is 1. The molecule has 0 aliphatic carbocycles. The number of rotatable bonds is 4. The number of hydrogen-bond acceptors (Lipinski definition) is 3. The van der Waals surface area contributed by atoms with Crippen LogP contribution in [0.5, 0.6) is 11.5 Å². The predicted octanol–water partition coefficient (Wildman–Crippen LogP) is 3.07. The fourth-order valence-corrected chi connectivity index (χ4v) is 1.23. The molecule has 0 fully saturated rings. The Morgan fingerprint density at radius 2 is 1.78 bits per heavy atom. The first-order chi connectivity index (χ1) is 8.17. The fraction of sp³-hybridized carbons (Fsp3) is 0.364. The van der Waals surface area contributed by atoms with E-state index < -0.39 is 18.1 Å². The van der Waals surface area contributed by atoms with Gasteiger partial charge in [-0.05, 0) is 26.0 Å². The highest BCUT2D eigenvalue weighted by molar-refractivity contribution is 5.88. The molecule has 0 aliphatic rings. The van der Waals surface area contributed by atoms with E-state index in [4.69, 9.17) is 9.84 Å². The van der Waals surface area contributed by atoms with E-state index >= 15 is 0 Å². The van der Waals surface area contributed by atoms with Crippen LogP contribution in [0.25, 0.3) is 0 Å². The first-order valence-electron chi connectivity index (χ1n) is 4.98. The molecule has 0 saturated carbocycles. The van der Waals surface area contributed by atoms with Crippen LogP contribution >= 0.6 is 0 Å².